The number of rotatable bonds is 3. The van der Waals surface area contributed by atoms with Crippen LogP contribution < -0.4 is 0 Å². The van der Waals surface area contributed by atoms with Gasteiger partial charge in [-0.05, 0) is 36.6 Å². The van der Waals surface area contributed by atoms with Crippen molar-refractivity contribution in [2.45, 2.75) is 19.3 Å². The summed E-state index contributed by atoms with van der Waals surface area (Å²) in [5.41, 5.74) is 0.604. The number of nitrogens with zero attached hydrogens (tertiary/aromatic N) is 2. The molecule has 0 amide bonds. The fourth-order valence-corrected chi connectivity index (χ4v) is 2.70. The van der Waals surface area contributed by atoms with Gasteiger partial charge in [-0.2, -0.15) is 0 Å². The number of hydrogen-bond acceptors (Lipinski definition) is 5. The Morgan fingerprint density at radius 1 is 1.35 bits per heavy atom. The van der Waals surface area contributed by atoms with Crippen LogP contribution in [-0.2, 0) is 9.53 Å². The highest BCUT2D eigenvalue weighted by Gasteiger charge is 2.36. The van der Waals surface area contributed by atoms with Crippen LogP contribution in [0, 0.1) is 5.92 Å². The van der Waals surface area contributed by atoms with Gasteiger partial charge in [0.15, 0.2) is 5.70 Å². The molecule has 6 heteroatoms. The number of cyclic esters (lactones) is 1. The smallest absolute Gasteiger partial charge is 0.364 e. The van der Waals surface area contributed by atoms with E-state index in [1.165, 1.54) is 6.20 Å². The fraction of sp³-hybridized carbons (Fsp3) is 0.235. The zero-order chi connectivity index (χ0) is 16.0. The van der Waals surface area contributed by atoms with E-state index in [2.05, 4.69) is 16.9 Å². The lowest BCUT2D eigenvalue weighted by Crippen LogP contribution is -2.06. The molecule has 0 N–H and O–H groups in total. The number of aliphatic imine (C=N–C) groups is 1. The molecule has 0 radical (unpaired) electrons. The molecule has 1 aliphatic carbocycles. The Morgan fingerprint density at radius 2 is 2.17 bits per heavy atom. The number of esters is 1. The molecule has 0 spiro atoms. The molecule has 3 heterocycles. The van der Waals surface area contributed by atoms with Gasteiger partial charge < -0.3 is 9.15 Å². The molecular formula is C17H13ClN2O3. The molecule has 4 rings (SSSR count). The molecule has 1 fully saturated rings. The number of hydrogen-bond donors (Lipinski definition) is 0. The van der Waals surface area contributed by atoms with Crippen LogP contribution in [0.1, 0.15) is 36.5 Å². The molecule has 0 saturated heterocycles. The average Bonchev–Trinajstić information content (AvgIpc) is 2.94. The van der Waals surface area contributed by atoms with Gasteiger partial charge in [0.25, 0.3) is 0 Å². The predicted molar refractivity (Wildman–Crippen MR) is 85.1 cm³/mol. The highest BCUT2D eigenvalue weighted by Crippen LogP contribution is 2.47. The molecule has 1 saturated carbocycles. The third-order valence-corrected chi connectivity index (χ3v) is 4.20. The third kappa shape index (κ3) is 2.80. The van der Waals surface area contributed by atoms with Crippen molar-refractivity contribution in [1.29, 1.82) is 0 Å². The largest absolute Gasteiger partial charge is 0.461 e. The first-order valence-electron chi connectivity index (χ1n) is 7.34. The predicted octanol–water partition coefficient (Wildman–Crippen LogP) is 3.80. The number of aromatic nitrogens is 1. The van der Waals surface area contributed by atoms with Crippen molar-refractivity contribution >= 4 is 29.5 Å². The van der Waals surface area contributed by atoms with E-state index in [-0.39, 0.29) is 11.6 Å². The minimum atomic E-state index is -0.528. The normalized spacial score (nSPS) is 24.7. The van der Waals surface area contributed by atoms with Crippen molar-refractivity contribution < 1.29 is 13.9 Å². The first kappa shape index (κ1) is 14.2. The summed E-state index contributed by atoms with van der Waals surface area (Å²) in [5.74, 6) is 2.32. The summed E-state index contributed by atoms with van der Waals surface area (Å²) in [4.78, 5) is 20.2. The molecule has 2 aliphatic rings. The number of ether oxygens (including phenoxy) is 1. The Hall–Kier alpha value is -2.40. The number of halogens is 1. The van der Waals surface area contributed by atoms with Gasteiger partial charge in [-0.15, -0.1) is 0 Å². The zero-order valence-corrected chi connectivity index (χ0v) is 13.1. The third-order valence-electron chi connectivity index (χ3n) is 3.96. The standard InChI is InChI=1S/C17H13ClN2O3/c1-9-6-12(9)15-3-2-11(22-15)8-14-17(21)23-16(20-14)13-7-10(18)4-5-19-13/h2-5,7-9,12H,6H2,1H3/b14-8-/t9-,12-/m1/s1. The molecule has 2 aromatic heterocycles. The molecule has 0 bridgehead atoms. The van der Waals surface area contributed by atoms with Crippen LogP contribution in [0.3, 0.4) is 0 Å². The van der Waals surface area contributed by atoms with Crippen molar-refractivity contribution in [1.82, 2.24) is 4.98 Å². The first-order valence-corrected chi connectivity index (χ1v) is 7.72. The maximum atomic E-state index is 11.9. The summed E-state index contributed by atoms with van der Waals surface area (Å²) < 4.78 is 10.9. The van der Waals surface area contributed by atoms with Crippen LogP contribution >= 0.6 is 11.6 Å². The number of pyridine rings is 1. The van der Waals surface area contributed by atoms with Gasteiger partial charge in [0.05, 0.1) is 0 Å². The molecule has 23 heavy (non-hydrogen) atoms. The van der Waals surface area contributed by atoms with E-state index >= 15 is 0 Å². The Bertz CT molecular complexity index is 853. The van der Waals surface area contributed by atoms with Gasteiger partial charge in [-0.3, -0.25) is 4.98 Å². The summed E-state index contributed by atoms with van der Waals surface area (Å²) >= 11 is 5.91. The number of carbonyl (C=O) groups excluding carboxylic acids is 1. The van der Waals surface area contributed by atoms with Crippen LogP contribution in [0.5, 0.6) is 0 Å². The lowest BCUT2D eigenvalue weighted by Gasteiger charge is -1.97. The van der Waals surface area contributed by atoms with Gasteiger partial charge in [0.2, 0.25) is 5.90 Å². The average molecular weight is 329 g/mol. The van der Waals surface area contributed by atoms with Gasteiger partial charge in [-0.25, -0.2) is 9.79 Å². The summed E-state index contributed by atoms with van der Waals surface area (Å²) in [6, 6.07) is 7.02. The highest BCUT2D eigenvalue weighted by atomic mass is 35.5. The molecule has 2 atom stereocenters. The summed E-state index contributed by atoms with van der Waals surface area (Å²) in [6.45, 7) is 2.19. The second kappa shape index (κ2) is 5.35. The Kier molecular flexibility index (Phi) is 3.31. The van der Waals surface area contributed by atoms with Crippen LogP contribution in [-0.4, -0.2) is 16.9 Å². The maximum absolute atomic E-state index is 11.9. The lowest BCUT2D eigenvalue weighted by molar-refractivity contribution is -0.129. The minimum Gasteiger partial charge on any atom is -0.461 e. The lowest BCUT2D eigenvalue weighted by atomic mass is 10.3. The Labute approximate surface area is 137 Å². The monoisotopic (exact) mass is 328 g/mol. The van der Waals surface area contributed by atoms with E-state index in [4.69, 9.17) is 20.8 Å². The van der Waals surface area contributed by atoms with Crippen molar-refractivity contribution in [3.8, 4) is 0 Å². The SMILES string of the molecule is C[C@@H]1C[C@H]1c1ccc(/C=C2\N=C(c3cc(Cl)ccn3)OC2=O)o1. The maximum Gasteiger partial charge on any atom is 0.364 e. The van der Waals surface area contributed by atoms with E-state index in [1.807, 2.05) is 12.1 Å². The van der Waals surface area contributed by atoms with Crippen LogP contribution in [0.15, 0.2) is 45.6 Å². The van der Waals surface area contributed by atoms with E-state index in [0.717, 1.165) is 12.2 Å². The minimum absolute atomic E-state index is 0.145. The van der Waals surface area contributed by atoms with Crippen molar-refractivity contribution in [3.63, 3.8) is 0 Å². The van der Waals surface area contributed by atoms with E-state index in [9.17, 15) is 4.79 Å². The molecule has 0 unspecified atom stereocenters. The van der Waals surface area contributed by atoms with E-state index in [0.29, 0.717) is 28.3 Å². The molecular weight excluding hydrogens is 316 g/mol. The fourth-order valence-electron chi connectivity index (χ4n) is 2.54. The van der Waals surface area contributed by atoms with Gasteiger partial charge in [-0.1, -0.05) is 18.5 Å². The summed E-state index contributed by atoms with van der Waals surface area (Å²) in [5, 5.41) is 0.500. The van der Waals surface area contributed by atoms with Crippen molar-refractivity contribution in [3.05, 3.63) is 58.4 Å². The quantitative estimate of drug-likeness (QED) is 0.635. The summed E-state index contributed by atoms with van der Waals surface area (Å²) in [6.07, 6.45) is 4.26. The first-order chi connectivity index (χ1) is 11.1. The second-order valence-corrected chi connectivity index (χ2v) is 6.19. The Balaban J connectivity index is 1.60. The molecule has 1 aliphatic heterocycles. The van der Waals surface area contributed by atoms with Crippen molar-refractivity contribution in [2.75, 3.05) is 0 Å². The Morgan fingerprint density at radius 3 is 2.91 bits per heavy atom. The molecule has 5 nitrogen and oxygen atoms in total. The van der Waals surface area contributed by atoms with E-state index in [1.54, 1.807) is 18.2 Å². The van der Waals surface area contributed by atoms with Gasteiger partial charge in [0, 0.05) is 23.2 Å². The van der Waals surface area contributed by atoms with Gasteiger partial charge in [0.1, 0.15) is 17.2 Å². The molecule has 0 aromatic carbocycles. The van der Waals surface area contributed by atoms with Gasteiger partial charge >= 0.3 is 5.97 Å². The molecule has 116 valence electrons. The number of carbonyl (C=O) groups is 1. The van der Waals surface area contributed by atoms with Crippen LogP contribution in [0.25, 0.3) is 6.08 Å². The van der Waals surface area contributed by atoms with E-state index < -0.39 is 5.97 Å². The zero-order valence-electron chi connectivity index (χ0n) is 12.3. The highest BCUT2D eigenvalue weighted by molar-refractivity contribution is 6.31. The summed E-state index contributed by atoms with van der Waals surface area (Å²) in [7, 11) is 0. The van der Waals surface area contributed by atoms with Crippen LogP contribution in [0.4, 0.5) is 0 Å². The van der Waals surface area contributed by atoms with Crippen LogP contribution in [0.2, 0.25) is 5.02 Å². The number of furan rings is 1. The second-order valence-electron chi connectivity index (χ2n) is 5.75. The topological polar surface area (TPSA) is 64.7 Å². The van der Waals surface area contributed by atoms with Crippen molar-refractivity contribution in [2.24, 2.45) is 10.9 Å². The molecule has 2 aromatic rings.